The van der Waals surface area contributed by atoms with Crippen LogP contribution in [-0.4, -0.2) is 32.1 Å². The molecule has 0 aliphatic rings. The Morgan fingerprint density at radius 3 is 2.31 bits per heavy atom. The van der Waals surface area contributed by atoms with E-state index in [2.05, 4.69) is 10.9 Å². The van der Waals surface area contributed by atoms with Gasteiger partial charge in [0, 0.05) is 0 Å². The third-order valence-corrected chi connectivity index (χ3v) is 3.56. The van der Waals surface area contributed by atoms with Crippen molar-refractivity contribution in [1.29, 1.82) is 0 Å². The van der Waals surface area contributed by atoms with Gasteiger partial charge in [-0.2, -0.15) is 0 Å². The molecule has 7 nitrogen and oxygen atoms in total. The molecule has 2 N–H and O–H groups in total. The number of methoxy groups -OCH3 is 2. The van der Waals surface area contributed by atoms with E-state index < -0.39 is 12.0 Å². The van der Waals surface area contributed by atoms with Crippen molar-refractivity contribution in [3.05, 3.63) is 54.1 Å². The Bertz CT molecular complexity index is 749. The van der Waals surface area contributed by atoms with Gasteiger partial charge in [0.2, 0.25) is 5.91 Å². The number of ether oxygens (including phenoxy) is 3. The van der Waals surface area contributed by atoms with Gasteiger partial charge in [0.15, 0.2) is 17.6 Å². The zero-order chi connectivity index (χ0) is 18.9. The van der Waals surface area contributed by atoms with Gasteiger partial charge in [0.25, 0.3) is 5.91 Å². The van der Waals surface area contributed by atoms with Crippen LogP contribution in [0.1, 0.15) is 12.5 Å². The van der Waals surface area contributed by atoms with Gasteiger partial charge >= 0.3 is 0 Å². The molecule has 0 fully saturated rings. The number of hydrogen-bond acceptors (Lipinski definition) is 5. The number of amides is 2. The smallest absolute Gasteiger partial charge is 0.279 e. The molecular formula is C19H22N2O5. The highest BCUT2D eigenvalue weighted by atomic mass is 16.5. The Morgan fingerprint density at radius 1 is 0.962 bits per heavy atom. The van der Waals surface area contributed by atoms with Crippen LogP contribution in [0.25, 0.3) is 0 Å². The van der Waals surface area contributed by atoms with E-state index in [-0.39, 0.29) is 12.3 Å². The van der Waals surface area contributed by atoms with Crippen LogP contribution in [0, 0.1) is 0 Å². The van der Waals surface area contributed by atoms with E-state index in [1.165, 1.54) is 7.11 Å². The molecule has 0 aliphatic heterocycles. The minimum atomic E-state index is -0.751. The van der Waals surface area contributed by atoms with E-state index in [9.17, 15) is 9.59 Å². The van der Waals surface area contributed by atoms with Crippen molar-refractivity contribution < 1.29 is 23.8 Å². The molecule has 0 spiro atoms. The van der Waals surface area contributed by atoms with Gasteiger partial charge in [-0.15, -0.1) is 0 Å². The van der Waals surface area contributed by atoms with E-state index in [1.54, 1.807) is 44.4 Å². The monoisotopic (exact) mass is 358 g/mol. The lowest BCUT2D eigenvalue weighted by molar-refractivity contribution is -0.132. The Kier molecular flexibility index (Phi) is 6.84. The Morgan fingerprint density at radius 2 is 1.65 bits per heavy atom. The first kappa shape index (κ1) is 19.1. The zero-order valence-electron chi connectivity index (χ0n) is 14.9. The molecule has 2 aromatic carbocycles. The molecule has 2 amide bonds. The van der Waals surface area contributed by atoms with Crippen molar-refractivity contribution in [3.63, 3.8) is 0 Å². The zero-order valence-corrected chi connectivity index (χ0v) is 14.9. The molecule has 2 aromatic rings. The molecule has 1 unspecified atom stereocenters. The highest BCUT2D eigenvalue weighted by Crippen LogP contribution is 2.27. The van der Waals surface area contributed by atoms with Gasteiger partial charge in [0.05, 0.1) is 20.6 Å². The quantitative estimate of drug-likeness (QED) is 0.738. The molecular weight excluding hydrogens is 336 g/mol. The number of hydrogen-bond donors (Lipinski definition) is 2. The normalized spacial score (nSPS) is 11.2. The minimum absolute atomic E-state index is 0.0779. The summed E-state index contributed by atoms with van der Waals surface area (Å²) in [5.41, 5.74) is 5.45. The van der Waals surface area contributed by atoms with Crippen LogP contribution >= 0.6 is 0 Å². The molecule has 26 heavy (non-hydrogen) atoms. The fraction of sp³-hybridized carbons (Fsp3) is 0.263. The summed E-state index contributed by atoms with van der Waals surface area (Å²) < 4.78 is 15.8. The number of hydrazine groups is 1. The van der Waals surface area contributed by atoms with Crippen LogP contribution in [-0.2, 0) is 16.0 Å². The summed E-state index contributed by atoms with van der Waals surface area (Å²) in [5.74, 6) is 0.877. The predicted molar refractivity (Wildman–Crippen MR) is 96.1 cm³/mol. The highest BCUT2D eigenvalue weighted by molar-refractivity contribution is 5.85. The Balaban J connectivity index is 1.83. The first-order chi connectivity index (χ1) is 12.5. The van der Waals surface area contributed by atoms with Crippen molar-refractivity contribution in [3.8, 4) is 17.2 Å². The number of carbonyl (C=O) groups excluding carboxylic acids is 2. The third-order valence-electron chi connectivity index (χ3n) is 3.56. The maximum absolute atomic E-state index is 12.0. The SMILES string of the molecule is COc1ccc(CC(=O)NNC(=O)C(C)Oc2ccccc2)cc1OC. The van der Waals surface area contributed by atoms with Gasteiger partial charge in [-0.3, -0.25) is 20.4 Å². The fourth-order valence-electron chi connectivity index (χ4n) is 2.21. The molecule has 0 saturated heterocycles. The lowest BCUT2D eigenvalue weighted by Crippen LogP contribution is -2.47. The number of nitrogens with one attached hydrogen (secondary N) is 2. The van der Waals surface area contributed by atoms with E-state index in [4.69, 9.17) is 14.2 Å². The second-order valence-electron chi connectivity index (χ2n) is 5.48. The molecule has 0 bridgehead atoms. The van der Waals surface area contributed by atoms with Crippen LogP contribution in [0.5, 0.6) is 17.2 Å². The topological polar surface area (TPSA) is 85.9 Å². The van der Waals surface area contributed by atoms with Crippen LogP contribution in [0.15, 0.2) is 48.5 Å². The Labute approximate surface area is 152 Å². The number of carbonyl (C=O) groups is 2. The minimum Gasteiger partial charge on any atom is -0.493 e. The summed E-state index contributed by atoms with van der Waals surface area (Å²) in [6.45, 7) is 1.60. The second-order valence-corrected chi connectivity index (χ2v) is 5.48. The summed E-state index contributed by atoms with van der Waals surface area (Å²) in [7, 11) is 3.06. The molecule has 0 aliphatic carbocycles. The van der Waals surface area contributed by atoms with Gasteiger partial charge in [-0.1, -0.05) is 24.3 Å². The summed E-state index contributed by atoms with van der Waals surface area (Å²) in [6.07, 6.45) is -0.673. The van der Waals surface area contributed by atoms with E-state index in [0.29, 0.717) is 17.2 Å². The van der Waals surface area contributed by atoms with E-state index in [1.807, 2.05) is 18.2 Å². The fourth-order valence-corrected chi connectivity index (χ4v) is 2.21. The molecule has 0 saturated carbocycles. The average Bonchev–Trinajstić information content (AvgIpc) is 2.66. The van der Waals surface area contributed by atoms with Crippen LogP contribution in [0.3, 0.4) is 0 Å². The summed E-state index contributed by atoms with van der Waals surface area (Å²) in [6, 6.07) is 14.2. The van der Waals surface area contributed by atoms with Gasteiger partial charge in [0.1, 0.15) is 5.75 Å². The number of benzene rings is 2. The summed E-state index contributed by atoms with van der Waals surface area (Å²) in [4.78, 5) is 24.0. The molecule has 1 atom stereocenters. The number of para-hydroxylation sites is 1. The van der Waals surface area contributed by atoms with Crippen molar-refractivity contribution in [1.82, 2.24) is 10.9 Å². The first-order valence-electron chi connectivity index (χ1n) is 8.04. The van der Waals surface area contributed by atoms with Crippen LogP contribution in [0.4, 0.5) is 0 Å². The molecule has 0 heterocycles. The van der Waals surface area contributed by atoms with E-state index >= 15 is 0 Å². The molecule has 7 heteroatoms. The van der Waals surface area contributed by atoms with Gasteiger partial charge in [-0.05, 0) is 36.8 Å². The molecule has 0 aromatic heterocycles. The van der Waals surface area contributed by atoms with Crippen molar-refractivity contribution in [2.45, 2.75) is 19.4 Å². The van der Waals surface area contributed by atoms with Crippen molar-refractivity contribution in [2.24, 2.45) is 0 Å². The van der Waals surface area contributed by atoms with Crippen molar-refractivity contribution >= 4 is 11.8 Å². The highest BCUT2D eigenvalue weighted by Gasteiger charge is 2.15. The van der Waals surface area contributed by atoms with Gasteiger partial charge in [-0.25, -0.2) is 0 Å². The van der Waals surface area contributed by atoms with E-state index in [0.717, 1.165) is 5.56 Å². The Hall–Kier alpha value is -3.22. The average molecular weight is 358 g/mol. The second kappa shape index (κ2) is 9.31. The molecule has 2 rings (SSSR count). The number of rotatable bonds is 7. The van der Waals surface area contributed by atoms with Gasteiger partial charge < -0.3 is 14.2 Å². The maximum atomic E-state index is 12.0. The van der Waals surface area contributed by atoms with Crippen LogP contribution < -0.4 is 25.1 Å². The lowest BCUT2D eigenvalue weighted by atomic mass is 10.1. The molecule has 0 radical (unpaired) electrons. The largest absolute Gasteiger partial charge is 0.493 e. The first-order valence-corrected chi connectivity index (χ1v) is 8.04. The lowest BCUT2D eigenvalue weighted by Gasteiger charge is -2.15. The molecule has 138 valence electrons. The van der Waals surface area contributed by atoms with Crippen LogP contribution in [0.2, 0.25) is 0 Å². The summed E-state index contributed by atoms with van der Waals surface area (Å²) >= 11 is 0. The standard InChI is InChI=1S/C19H22N2O5/c1-13(26-15-7-5-4-6-8-15)19(23)21-20-18(22)12-14-9-10-16(24-2)17(11-14)25-3/h4-11,13H,12H2,1-3H3,(H,20,22)(H,21,23). The van der Waals surface area contributed by atoms with Crippen molar-refractivity contribution in [2.75, 3.05) is 14.2 Å². The third kappa shape index (κ3) is 5.41. The summed E-state index contributed by atoms with van der Waals surface area (Å²) in [5, 5.41) is 0. The maximum Gasteiger partial charge on any atom is 0.279 e. The predicted octanol–water partition coefficient (Wildman–Crippen LogP) is 1.86.